The summed E-state index contributed by atoms with van der Waals surface area (Å²) in [4.78, 5) is 24.9. The molecular weight excluding hydrogens is 196 g/mol. The molecule has 5 nitrogen and oxygen atoms in total. The Labute approximate surface area is 86.4 Å². The second kappa shape index (κ2) is 3.66. The van der Waals surface area contributed by atoms with Gasteiger partial charge in [0.05, 0.1) is 0 Å². The molecule has 0 bridgehead atoms. The van der Waals surface area contributed by atoms with Crippen LogP contribution in [0.25, 0.3) is 0 Å². The highest BCUT2D eigenvalue weighted by molar-refractivity contribution is 5.03. The van der Waals surface area contributed by atoms with Gasteiger partial charge in [-0.05, 0) is 19.8 Å². The molecule has 2 unspecified atom stereocenters. The maximum Gasteiger partial charge on any atom is 0.328 e. The summed E-state index contributed by atoms with van der Waals surface area (Å²) in [5.41, 5.74) is -0.192. The summed E-state index contributed by atoms with van der Waals surface area (Å²) < 4.78 is 1.53. The summed E-state index contributed by atoms with van der Waals surface area (Å²) in [6.45, 7) is 1.76. The molecule has 2 rings (SSSR count). The number of aliphatic hydroxyl groups excluding tert-OH is 1. The van der Waals surface area contributed by atoms with Crippen LogP contribution in [0.3, 0.4) is 0 Å². The molecule has 0 radical (unpaired) electrons. The predicted molar refractivity (Wildman–Crippen MR) is 54.9 cm³/mol. The highest BCUT2D eigenvalue weighted by atomic mass is 16.3. The summed E-state index contributed by atoms with van der Waals surface area (Å²) >= 11 is 0. The zero-order chi connectivity index (χ0) is 11.0. The number of aryl methyl sites for hydroxylation is 1. The van der Waals surface area contributed by atoms with Crippen molar-refractivity contribution in [2.75, 3.05) is 6.61 Å². The maximum absolute atomic E-state index is 11.5. The van der Waals surface area contributed by atoms with Gasteiger partial charge in [-0.2, -0.15) is 0 Å². The Morgan fingerprint density at radius 1 is 1.53 bits per heavy atom. The molecule has 1 heterocycles. The minimum atomic E-state index is -0.381. The molecule has 0 saturated heterocycles. The fourth-order valence-electron chi connectivity index (χ4n) is 1.96. The number of nitrogens with one attached hydrogen (secondary N) is 1. The summed E-state index contributed by atoms with van der Waals surface area (Å²) in [5.74, 6) is 0.146. The minimum Gasteiger partial charge on any atom is -0.396 e. The van der Waals surface area contributed by atoms with Gasteiger partial charge < -0.3 is 5.11 Å². The molecule has 1 aromatic heterocycles. The van der Waals surface area contributed by atoms with Crippen molar-refractivity contribution in [2.45, 2.75) is 25.8 Å². The number of nitrogens with zero attached hydrogens (tertiary/aromatic N) is 1. The Morgan fingerprint density at radius 2 is 2.27 bits per heavy atom. The van der Waals surface area contributed by atoms with Crippen LogP contribution in [0.15, 0.2) is 15.8 Å². The first-order valence-corrected chi connectivity index (χ1v) is 5.06. The van der Waals surface area contributed by atoms with Crippen LogP contribution < -0.4 is 11.2 Å². The third kappa shape index (κ3) is 1.63. The highest BCUT2D eigenvalue weighted by Crippen LogP contribution is 2.36. The molecule has 2 N–H and O–H groups in total. The third-order valence-corrected chi connectivity index (χ3v) is 3.12. The Balaban J connectivity index is 2.41. The van der Waals surface area contributed by atoms with Crippen LogP contribution in [0.1, 0.15) is 24.4 Å². The lowest BCUT2D eigenvalue weighted by atomic mass is 9.80. The van der Waals surface area contributed by atoms with Crippen LogP contribution in [0.5, 0.6) is 0 Å². The number of aromatic nitrogens is 2. The van der Waals surface area contributed by atoms with E-state index >= 15 is 0 Å². The van der Waals surface area contributed by atoms with Crippen molar-refractivity contribution in [1.29, 1.82) is 0 Å². The zero-order valence-electron chi connectivity index (χ0n) is 8.56. The van der Waals surface area contributed by atoms with Crippen molar-refractivity contribution < 1.29 is 5.11 Å². The van der Waals surface area contributed by atoms with Crippen LogP contribution >= 0.6 is 0 Å². The Bertz CT molecular complexity index is 472. The number of H-pyrrole nitrogens is 1. The van der Waals surface area contributed by atoms with Gasteiger partial charge in [-0.3, -0.25) is 14.3 Å². The first kappa shape index (κ1) is 10.2. The Hall–Kier alpha value is -1.36. The molecule has 1 aliphatic carbocycles. The molecule has 0 spiro atoms. The van der Waals surface area contributed by atoms with Gasteiger partial charge in [-0.25, -0.2) is 4.79 Å². The second-order valence-corrected chi connectivity index (χ2v) is 4.07. The SMILES string of the molecule is Cc1cn(C2CCC2CO)c(=O)[nH]c1=O. The van der Waals surface area contributed by atoms with E-state index < -0.39 is 0 Å². The third-order valence-electron chi connectivity index (χ3n) is 3.12. The predicted octanol–water partition coefficient (Wildman–Crippen LogP) is -0.212. The van der Waals surface area contributed by atoms with Crippen LogP contribution in [-0.4, -0.2) is 21.3 Å². The van der Waals surface area contributed by atoms with Crippen LogP contribution in [-0.2, 0) is 0 Å². The Kier molecular flexibility index (Phi) is 2.48. The second-order valence-electron chi connectivity index (χ2n) is 4.07. The summed E-state index contributed by atoms with van der Waals surface area (Å²) in [6, 6.07) is 0.0399. The maximum atomic E-state index is 11.5. The smallest absolute Gasteiger partial charge is 0.328 e. The van der Waals surface area contributed by atoms with Crippen molar-refractivity contribution in [2.24, 2.45) is 5.92 Å². The molecule has 1 saturated carbocycles. The number of aliphatic hydroxyl groups is 1. The van der Waals surface area contributed by atoms with E-state index in [0.717, 1.165) is 12.8 Å². The van der Waals surface area contributed by atoms with E-state index in [4.69, 9.17) is 5.11 Å². The van der Waals surface area contributed by atoms with E-state index in [1.54, 1.807) is 13.1 Å². The van der Waals surface area contributed by atoms with Gasteiger partial charge in [-0.1, -0.05) is 0 Å². The first-order chi connectivity index (χ1) is 7.13. The summed E-state index contributed by atoms with van der Waals surface area (Å²) in [7, 11) is 0. The standard InChI is InChI=1S/C10H14N2O3/c1-6-4-12(10(15)11-9(6)14)8-3-2-7(8)5-13/h4,7-8,13H,2-3,5H2,1H3,(H,11,14,15). The quantitative estimate of drug-likeness (QED) is 0.709. The normalized spacial score (nSPS) is 24.9. The van der Waals surface area contributed by atoms with Gasteiger partial charge in [0.25, 0.3) is 5.56 Å². The monoisotopic (exact) mass is 210 g/mol. The Morgan fingerprint density at radius 3 is 2.80 bits per heavy atom. The fraction of sp³-hybridized carbons (Fsp3) is 0.600. The molecule has 0 amide bonds. The van der Waals surface area contributed by atoms with Gasteiger partial charge in [0.1, 0.15) is 0 Å². The molecule has 82 valence electrons. The van der Waals surface area contributed by atoms with Crippen LogP contribution in [0, 0.1) is 12.8 Å². The zero-order valence-corrected chi connectivity index (χ0v) is 8.56. The lowest BCUT2D eigenvalue weighted by Crippen LogP contribution is -2.40. The number of hydrogen-bond acceptors (Lipinski definition) is 3. The fourth-order valence-corrected chi connectivity index (χ4v) is 1.96. The molecule has 5 heteroatoms. The summed E-state index contributed by atoms with van der Waals surface area (Å²) in [6.07, 6.45) is 3.40. The van der Waals surface area contributed by atoms with Crippen molar-refractivity contribution in [3.8, 4) is 0 Å². The van der Waals surface area contributed by atoms with Crippen LogP contribution in [0.4, 0.5) is 0 Å². The largest absolute Gasteiger partial charge is 0.396 e. The molecule has 1 aromatic rings. The van der Waals surface area contributed by atoms with Crippen molar-refractivity contribution in [1.82, 2.24) is 9.55 Å². The molecule has 1 fully saturated rings. The van der Waals surface area contributed by atoms with Gasteiger partial charge in [0.2, 0.25) is 0 Å². The lowest BCUT2D eigenvalue weighted by Gasteiger charge is -2.36. The molecule has 2 atom stereocenters. The molecule has 0 aliphatic heterocycles. The van der Waals surface area contributed by atoms with Crippen molar-refractivity contribution >= 4 is 0 Å². The van der Waals surface area contributed by atoms with Gasteiger partial charge in [0.15, 0.2) is 0 Å². The number of aromatic amines is 1. The van der Waals surface area contributed by atoms with E-state index in [-0.39, 0.29) is 29.8 Å². The molecule has 15 heavy (non-hydrogen) atoms. The van der Waals surface area contributed by atoms with Gasteiger partial charge in [0, 0.05) is 30.3 Å². The van der Waals surface area contributed by atoms with E-state index in [1.807, 2.05) is 0 Å². The van der Waals surface area contributed by atoms with E-state index in [9.17, 15) is 9.59 Å². The molecule has 0 aromatic carbocycles. The van der Waals surface area contributed by atoms with Crippen LogP contribution in [0.2, 0.25) is 0 Å². The first-order valence-electron chi connectivity index (χ1n) is 5.06. The van der Waals surface area contributed by atoms with Gasteiger partial charge in [-0.15, -0.1) is 0 Å². The lowest BCUT2D eigenvalue weighted by molar-refractivity contribution is 0.0940. The highest BCUT2D eigenvalue weighted by Gasteiger charge is 2.32. The van der Waals surface area contributed by atoms with E-state index in [1.165, 1.54) is 4.57 Å². The molecular formula is C10H14N2O3. The van der Waals surface area contributed by atoms with Gasteiger partial charge >= 0.3 is 5.69 Å². The van der Waals surface area contributed by atoms with E-state index in [2.05, 4.69) is 4.98 Å². The van der Waals surface area contributed by atoms with Crippen molar-refractivity contribution in [3.63, 3.8) is 0 Å². The van der Waals surface area contributed by atoms with E-state index in [0.29, 0.717) is 5.56 Å². The average molecular weight is 210 g/mol. The molecule has 1 aliphatic rings. The minimum absolute atomic E-state index is 0.0399. The summed E-state index contributed by atoms with van der Waals surface area (Å²) in [5, 5.41) is 9.05. The number of rotatable bonds is 2. The average Bonchev–Trinajstić information content (AvgIpc) is 2.13. The number of hydrogen-bond donors (Lipinski definition) is 2. The van der Waals surface area contributed by atoms with Crippen molar-refractivity contribution in [3.05, 3.63) is 32.6 Å². The topological polar surface area (TPSA) is 75.1 Å².